The van der Waals surface area contributed by atoms with Crippen LogP contribution < -0.4 is 9.46 Å². The molecule has 126 valence electrons. The highest BCUT2D eigenvalue weighted by Gasteiger charge is 2.31. The van der Waals surface area contributed by atoms with Gasteiger partial charge in [-0.2, -0.15) is 0 Å². The SMILES string of the molecule is CC(Cn1ccnc1)NS(=O)(=O)c1cccc(OC(F)(F)F)c1. The van der Waals surface area contributed by atoms with Crippen molar-refractivity contribution in [3.8, 4) is 5.75 Å². The zero-order valence-corrected chi connectivity index (χ0v) is 12.8. The van der Waals surface area contributed by atoms with Crippen LogP contribution in [-0.2, 0) is 16.6 Å². The number of ether oxygens (including phenoxy) is 1. The minimum atomic E-state index is -4.88. The molecule has 1 aromatic carbocycles. The van der Waals surface area contributed by atoms with Crippen molar-refractivity contribution in [1.29, 1.82) is 0 Å². The third kappa shape index (κ3) is 5.25. The minimum Gasteiger partial charge on any atom is -0.406 e. The Hall–Kier alpha value is -2.07. The molecule has 0 fully saturated rings. The number of hydrogen-bond donors (Lipinski definition) is 1. The first-order chi connectivity index (χ1) is 10.7. The lowest BCUT2D eigenvalue weighted by Gasteiger charge is -2.15. The maximum absolute atomic E-state index is 12.2. The number of sulfonamides is 1. The second-order valence-corrected chi connectivity index (χ2v) is 6.52. The first-order valence-electron chi connectivity index (χ1n) is 6.49. The molecule has 23 heavy (non-hydrogen) atoms. The van der Waals surface area contributed by atoms with E-state index in [9.17, 15) is 21.6 Å². The van der Waals surface area contributed by atoms with Gasteiger partial charge < -0.3 is 9.30 Å². The van der Waals surface area contributed by atoms with Gasteiger partial charge in [0, 0.05) is 31.0 Å². The highest BCUT2D eigenvalue weighted by Crippen LogP contribution is 2.24. The van der Waals surface area contributed by atoms with Crippen LogP contribution in [0.1, 0.15) is 6.92 Å². The second kappa shape index (κ2) is 6.59. The van der Waals surface area contributed by atoms with Gasteiger partial charge >= 0.3 is 6.36 Å². The van der Waals surface area contributed by atoms with E-state index < -0.39 is 28.2 Å². The minimum absolute atomic E-state index is 0.309. The molecule has 0 saturated heterocycles. The summed E-state index contributed by atoms with van der Waals surface area (Å²) < 4.78 is 68.8. The van der Waals surface area contributed by atoms with E-state index >= 15 is 0 Å². The van der Waals surface area contributed by atoms with Crippen molar-refractivity contribution in [2.45, 2.75) is 30.8 Å². The van der Waals surface area contributed by atoms with Crippen LogP contribution in [0.15, 0.2) is 47.9 Å². The molecule has 1 aromatic heterocycles. The molecule has 2 aromatic rings. The van der Waals surface area contributed by atoms with Crippen LogP contribution in [0.4, 0.5) is 13.2 Å². The third-order valence-corrected chi connectivity index (χ3v) is 4.34. The number of hydrogen-bond acceptors (Lipinski definition) is 4. The van der Waals surface area contributed by atoms with Gasteiger partial charge in [-0.05, 0) is 19.1 Å². The van der Waals surface area contributed by atoms with E-state index in [1.165, 1.54) is 18.5 Å². The maximum atomic E-state index is 12.2. The average molecular weight is 349 g/mol. The molecule has 0 radical (unpaired) electrons. The van der Waals surface area contributed by atoms with E-state index in [1.807, 2.05) is 0 Å². The fourth-order valence-corrected chi connectivity index (χ4v) is 3.19. The number of aromatic nitrogens is 2. The molecule has 0 aliphatic rings. The lowest BCUT2D eigenvalue weighted by Crippen LogP contribution is -2.35. The summed E-state index contributed by atoms with van der Waals surface area (Å²) in [5.74, 6) is -0.595. The summed E-state index contributed by atoms with van der Waals surface area (Å²) in [5.41, 5.74) is 0. The Balaban J connectivity index is 2.11. The Morgan fingerprint density at radius 3 is 2.74 bits per heavy atom. The number of nitrogens with zero attached hydrogens (tertiary/aromatic N) is 2. The Morgan fingerprint density at radius 1 is 1.39 bits per heavy atom. The van der Waals surface area contributed by atoms with Gasteiger partial charge in [-0.3, -0.25) is 0 Å². The van der Waals surface area contributed by atoms with Crippen molar-refractivity contribution in [1.82, 2.24) is 14.3 Å². The van der Waals surface area contributed by atoms with E-state index in [1.54, 1.807) is 23.9 Å². The topological polar surface area (TPSA) is 73.2 Å². The van der Waals surface area contributed by atoms with Gasteiger partial charge in [0.25, 0.3) is 0 Å². The van der Waals surface area contributed by atoms with Crippen LogP contribution in [-0.4, -0.2) is 30.4 Å². The van der Waals surface area contributed by atoms with Crippen LogP contribution in [0.5, 0.6) is 5.75 Å². The van der Waals surface area contributed by atoms with E-state index in [-0.39, 0.29) is 4.90 Å². The summed E-state index contributed by atoms with van der Waals surface area (Å²) in [6, 6.07) is 3.73. The number of halogens is 3. The van der Waals surface area contributed by atoms with Crippen LogP contribution in [0.25, 0.3) is 0 Å². The van der Waals surface area contributed by atoms with Gasteiger partial charge in [-0.25, -0.2) is 18.1 Å². The average Bonchev–Trinajstić information content (AvgIpc) is 2.89. The van der Waals surface area contributed by atoms with E-state index in [4.69, 9.17) is 0 Å². The monoisotopic (exact) mass is 349 g/mol. The molecule has 1 heterocycles. The molecule has 2 rings (SSSR count). The van der Waals surface area contributed by atoms with Crippen LogP contribution in [0, 0.1) is 0 Å². The fourth-order valence-electron chi connectivity index (χ4n) is 1.92. The quantitative estimate of drug-likeness (QED) is 0.867. The van der Waals surface area contributed by atoms with Crippen molar-refractivity contribution in [3.63, 3.8) is 0 Å². The predicted molar refractivity (Wildman–Crippen MR) is 75.1 cm³/mol. The van der Waals surface area contributed by atoms with Crippen molar-refractivity contribution >= 4 is 10.0 Å². The summed E-state index contributed by atoms with van der Waals surface area (Å²) >= 11 is 0. The van der Waals surface area contributed by atoms with Crippen LogP contribution >= 0.6 is 0 Å². The zero-order valence-electron chi connectivity index (χ0n) is 12.0. The molecule has 1 unspecified atom stereocenters. The van der Waals surface area contributed by atoms with Gasteiger partial charge in [-0.15, -0.1) is 13.2 Å². The summed E-state index contributed by atoms with van der Waals surface area (Å²) in [6.07, 6.45) is -0.130. The van der Waals surface area contributed by atoms with Crippen molar-refractivity contribution < 1.29 is 26.3 Å². The van der Waals surface area contributed by atoms with Crippen molar-refractivity contribution in [2.75, 3.05) is 0 Å². The smallest absolute Gasteiger partial charge is 0.406 e. The van der Waals surface area contributed by atoms with Crippen molar-refractivity contribution in [3.05, 3.63) is 43.0 Å². The first kappa shape index (κ1) is 17.3. The molecule has 0 bridgehead atoms. The first-order valence-corrected chi connectivity index (χ1v) is 7.98. The Kier molecular flexibility index (Phi) is 4.95. The number of alkyl halides is 3. The zero-order chi connectivity index (χ0) is 17.1. The molecular weight excluding hydrogens is 335 g/mol. The molecular formula is C13H14F3N3O3S. The normalized spacial score (nSPS) is 13.7. The number of nitrogens with one attached hydrogen (secondary N) is 1. The number of imidazole rings is 1. The van der Waals surface area contributed by atoms with Crippen molar-refractivity contribution in [2.24, 2.45) is 0 Å². The summed E-state index contributed by atoms with van der Waals surface area (Å²) in [4.78, 5) is 3.53. The molecule has 10 heteroatoms. The standard InChI is InChI=1S/C13H14F3N3O3S/c1-10(8-19-6-5-17-9-19)18-23(20,21)12-4-2-3-11(7-12)22-13(14,15)16/h2-7,9-10,18H,8H2,1H3. The molecule has 0 aliphatic heterocycles. The largest absolute Gasteiger partial charge is 0.573 e. The van der Waals surface area contributed by atoms with E-state index in [2.05, 4.69) is 14.4 Å². The molecule has 0 saturated carbocycles. The van der Waals surface area contributed by atoms with Gasteiger partial charge in [0.2, 0.25) is 10.0 Å². The highest BCUT2D eigenvalue weighted by molar-refractivity contribution is 7.89. The third-order valence-electron chi connectivity index (χ3n) is 2.75. The molecule has 0 spiro atoms. The summed E-state index contributed by atoms with van der Waals surface area (Å²) in [5, 5.41) is 0. The predicted octanol–water partition coefficient (Wildman–Crippen LogP) is 2.15. The van der Waals surface area contributed by atoms with Gasteiger partial charge in [0.1, 0.15) is 5.75 Å². The molecule has 1 atom stereocenters. The lowest BCUT2D eigenvalue weighted by atomic mass is 10.3. The van der Waals surface area contributed by atoms with Crippen LogP contribution in [0.2, 0.25) is 0 Å². The number of benzene rings is 1. The fraction of sp³-hybridized carbons (Fsp3) is 0.308. The molecule has 0 aliphatic carbocycles. The second-order valence-electron chi connectivity index (χ2n) is 4.80. The van der Waals surface area contributed by atoms with Gasteiger partial charge in [-0.1, -0.05) is 6.07 Å². The van der Waals surface area contributed by atoms with Crippen LogP contribution in [0.3, 0.4) is 0 Å². The Morgan fingerprint density at radius 2 is 2.13 bits per heavy atom. The number of rotatable bonds is 6. The lowest BCUT2D eigenvalue weighted by molar-refractivity contribution is -0.274. The Bertz CT molecular complexity index is 745. The van der Waals surface area contributed by atoms with E-state index in [0.717, 1.165) is 12.1 Å². The van der Waals surface area contributed by atoms with Gasteiger partial charge in [0.15, 0.2) is 0 Å². The van der Waals surface area contributed by atoms with E-state index in [0.29, 0.717) is 6.54 Å². The highest BCUT2D eigenvalue weighted by atomic mass is 32.2. The molecule has 6 nitrogen and oxygen atoms in total. The van der Waals surface area contributed by atoms with Gasteiger partial charge in [0.05, 0.1) is 11.2 Å². The molecule has 1 N–H and O–H groups in total. The summed E-state index contributed by atoms with van der Waals surface area (Å²) in [7, 11) is -3.97. The summed E-state index contributed by atoms with van der Waals surface area (Å²) in [6.45, 7) is 1.96. The molecule has 0 amide bonds. The maximum Gasteiger partial charge on any atom is 0.573 e. The Labute approximate surface area is 131 Å².